The first-order valence-electron chi connectivity index (χ1n) is 9.73. The third kappa shape index (κ3) is 4.45. The SMILES string of the molecule is O=C(OCc1cc([N+](=O)[O-])cc2c1OCOC2)c1cc([N+](=O)[O-])ccc1N1CCOCC1. The summed E-state index contributed by atoms with van der Waals surface area (Å²) in [6.45, 7) is 1.75. The number of nitro groups is 2. The summed E-state index contributed by atoms with van der Waals surface area (Å²) >= 11 is 0. The first-order valence-corrected chi connectivity index (χ1v) is 9.73. The monoisotopic (exact) mass is 445 g/mol. The van der Waals surface area contributed by atoms with Gasteiger partial charge in [0.15, 0.2) is 6.79 Å². The van der Waals surface area contributed by atoms with Gasteiger partial charge in [-0.15, -0.1) is 0 Å². The van der Waals surface area contributed by atoms with E-state index in [0.29, 0.717) is 48.9 Å². The minimum Gasteiger partial charge on any atom is -0.467 e. The van der Waals surface area contributed by atoms with E-state index < -0.39 is 15.8 Å². The van der Waals surface area contributed by atoms with Crippen molar-refractivity contribution < 1.29 is 33.6 Å². The standard InChI is InChI=1S/C20H19N3O9/c24-20(17-9-15(22(25)26)1-2-18(17)21-3-5-29-6-4-21)31-11-14-8-16(23(27)28)7-13-10-30-12-32-19(13)14/h1-2,7-9H,3-6,10-12H2. The van der Waals surface area contributed by atoms with Gasteiger partial charge in [-0.1, -0.05) is 0 Å². The van der Waals surface area contributed by atoms with Gasteiger partial charge in [0.25, 0.3) is 11.4 Å². The summed E-state index contributed by atoms with van der Waals surface area (Å²) in [5.74, 6) is -0.426. The Bertz CT molecular complexity index is 1070. The molecule has 0 radical (unpaired) electrons. The lowest BCUT2D eigenvalue weighted by Crippen LogP contribution is -2.37. The lowest BCUT2D eigenvalue weighted by molar-refractivity contribution is -0.385. The third-order valence-electron chi connectivity index (χ3n) is 5.10. The summed E-state index contributed by atoms with van der Waals surface area (Å²) < 4.78 is 21.4. The number of hydrogen-bond acceptors (Lipinski definition) is 10. The predicted octanol–water partition coefficient (Wildman–Crippen LogP) is 2.56. The maximum atomic E-state index is 12.9. The molecule has 0 bridgehead atoms. The number of fused-ring (bicyclic) bond motifs is 1. The number of carbonyl (C=O) groups is 1. The fourth-order valence-electron chi connectivity index (χ4n) is 3.60. The highest BCUT2D eigenvalue weighted by atomic mass is 16.7. The van der Waals surface area contributed by atoms with Gasteiger partial charge in [0, 0.05) is 48.5 Å². The second kappa shape index (κ2) is 9.16. The van der Waals surface area contributed by atoms with Gasteiger partial charge in [-0.05, 0) is 6.07 Å². The number of esters is 1. The van der Waals surface area contributed by atoms with E-state index in [2.05, 4.69) is 0 Å². The van der Waals surface area contributed by atoms with Crippen molar-refractivity contribution >= 4 is 23.0 Å². The van der Waals surface area contributed by atoms with Crippen LogP contribution in [0.5, 0.6) is 5.75 Å². The molecule has 0 unspecified atom stereocenters. The van der Waals surface area contributed by atoms with Crippen molar-refractivity contribution in [1.29, 1.82) is 0 Å². The van der Waals surface area contributed by atoms with Crippen LogP contribution in [0, 0.1) is 20.2 Å². The fourth-order valence-corrected chi connectivity index (χ4v) is 3.60. The number of morpholine rings is 1. The van der Waals surface area contributed by atoms with E-state index in [4.69, 9.17) is 18.9 Å². The molecule has 168 valence electrons. The number of benzene rings is 2. The Morgan fingerprint density at radius 3 is 2.50 bits per heavy atom. The molecule has 32 heavy (non-hydrogen) atoms. The van der Waals surface area contributed by atoms with Crippen LogP contribution in [-0.2, 0) is 27.4 Å². The largest absolute Gasteiger partial charge is 0.467 e. The molecule has 1 fully saturated rings. The maximum absolute atomic E-state index is 12.9. The topological polar surface area (TPSA) is 144 Å². The zero-order valence-corrected chi connectivity index (χ0v) is 16.9. The highest BCUT2D eigenvalue weighted by Gasteiger charge is 2.25. The molecule has 2 aromatic rings. The van der Waals surface area contributed by atoms with Crippen LogP contribution in [0.4, 0.5) is 17.1 Å². The van der Waals surface area contributed by atoms with E-state index >= 15 is 0 Å². The number of non-ortho nitro benzene ring substituents is 2. The van der Waals surface area contributed by atoms with E-state index in [1.165, 1.54) is 30.3 Å². The summed E-state index contributed by atoms with van der Waals surface area (Å²) in [5.41, 5.74) is 0.875. The molecule has 0 aromatic heterocycles. The molecule has 2 aliphatic heterocycles. The summed E-state index contributed by atoms with van der Waals surface area (Å²) in [6, 6.07) is 6.62. The van der Waals surface area contributed by atoms with Gasteiger partial charge in [0.05, 0.1) is 40.9 Å². The molecule has 0 spiro atoms. The number of nitro benzene ring substituents is 2. The summed E-state index contributed by atoms with van der Waals surface area (Å²) in [4.78, 5) is 36.2. The molecule has 2 heterocycles. The van der Waals surface area contributed by atoms with E-state index in [1.807, 2.05) is 4.90 Å². The Morgan fingerprint density at radius 1 is 1.03 bits per heavy atom. The van der Waals surface area contributed by atoms with Crippen LogP contribution in [0.2, 0.25) is 0 Å². The highest BCUT2D eigenvalue weighted by molar-refractivity contribution is 5.96. The zero-order chi connectivity index (χ0) is 22.7. The maximum Gasteiger partial charge on any atom is 0.340 e. The van der Waals surface area contributed by atoms with Crippen LogP contribution in [0.3, 0.4) is 0 Å². The van der Waals surface area contributed by atoms with Crippen LogP contribution >= 0.6 is 0 Å². The van der Waals surface area contributed by atoms with Crippen molar-refractivity contribution in [3.8, 4) is 5.75 Å². The Kier molecular flexibility index (Phi) is 6.14. The highest BCUT2D eigenvalue weighted by Crippen LogP contribution is 2.34. The van der Waals surface area contributed by atoms with Crippen LogP contribution in [0.15, 0.2) is 30.3 Å². The quantitative estimate of drug-likeness (QED) is 0.369. The average Bonchev–Trinajstić information content (AvgIpc) is 2.82. The second-order valence-electron chi connectivity index (χ2n) is 7.10. The summed E-state index contributed by atoms with van der Waals surface area (Å²) in [5, 5.41) is 22.5. The van der Waals surface area contributed by atoms with Gasteiger partial charge in [-0.3, -0.25) is 20.2 Å². The average molecular weight is 445 g/mol. The number of rotatable bonds is 6. The third-order valence-corrected chi connectivity index (χ3v) is 5.10. The van der Waals surface area contributed by atoms with Crippen molar-refractivity contribution in [3.63, 3.8) is 0 Å². The van der Waals surface area contributed by atoms with Crippen molar-refractivity contribution in [2.24, 2.45) is 0 Å². The lowest BCUT2D eigenvalue weighted by Gasteiger charge is -2.30. The second-order valence-corrected chi connectivity index (χ2v) is 7.10. The summed E-state index contributed by atoms with van der Waals surface area (Å²) in [6.07, 6.45) is 0. The van der Waals surface area contributed by atoms with Crippen molar-refractivity contribution in [2.45, 2.75) is 13.2 Å². The molecule has 4 rings (SSSR count). The Morgan fingerprint density at radius 2 is 1.78 bits per heavy atom. The minimum absolute atomic E-state index is 0.0299. The molecule has 2 aromatic carbocycles. The van der Waals surface area contributed by atoms with E-state index in [-0.39, 0.29) is 36.9 Å². The molecule has 0 amide bonds. The van der Waals surface area contributed by atoms with Gasteiger partial charge in [-0.2, -0.15) is 0 Å². The van der Waals surface area contributed by atoms with Crippen LogP contribution in [0.1, 0.15) is 21.5 Å². The van der Waals surface area contributed by atoms with Crippen molar-refractivity contribution in [2.75, 3.05) is 38.0 Å². The number of ether oxygens (including phenoxy) is 4. The van der Waals surface area contributed by atoms with E-state index in [1.54, 1.807) is 0 Å². The molecular weight excluding hydrogens is 426 g/mol. The van der Waals surface area contributed by atoms with Gasteiger partial charge >= 0.3 is 5.97 Å². The number of hydrogen-bond donors (Lipinski definition) is 0. The number of anilines is 1. The molecule has 0 saturated carbocycles. The van der Waals surface area contributed by atoms with Crippen LogP contribution in [0.25, 0.3) is 0 Å². The van der Waals surface area contributed by atoms with Gasteiger partial charge in [-0.25, -0.2) is 4.79 Å². The number of nitrogens with zero attached hydrogens (tertiary/aromatic N) is 3. The molecule has 1 saturated heterocycles. The van der Waals surface area contributed by atoms with Gasteiger partial charge in [0.1, 0.15) is 12.4 Å². The molecule has 0 N–H and O–H groups in total. The smallest absolute Gasteiger partial charge is 0.340 e. The van der Waals surface area contributed by atoms with Crippen molar-refractivity contribution in [1.82, 2.24) is 0 Å². The minimum atomic E-state index is -0.789. The Balaban J connectivity index is 1.61. The number of carbonyl (C=O) groups excluding carboxylic acids is 1. The van der Waals surface area contributed by atoms with Crippen LogP contribution < -0.4 is 9.64 Å². The van der Waals surface area contributed by atoms with Crippen LogP contribution in [-0.4, -0.2) is 48.9 Å². The van der Waals surface area contributed by atoms with Crippen molar-refractivity contribution in [3.05, 3.63) is 67.3 Å². The zero-order valence-electron chi connectivity index (χ0n) is 16.9. The van der Waals surface area contributed by atoms with Gasteiger partial charge < -0.3 is 23.8 Å². The van der Waals surface area contributed by atoms with Gasteiger partial charge in [0.2, 0.25) is 0 Å². The Hall–Kier alpha value is -3.77. The first-order chi connectivity index (χ1) is 15.4. The summed E-state index contributed by atoms with van der Waals surface area (Å²) in [7, 11) is 0. The molecule has 12 heteroatoms. The molecule has 12 nitrogen and oxygen atoms in total. The first kappa shape index (κ1) is 21.5. The normalized spacial score (nSPS) is 15.4. The predicted molar refractivity (Wildman–Crippen MR) is 109 cm³/mol. The van der Waals surface area contributed by atoms with E-state index in [0.717, 1.165) is 0 Å². The molecule has 0 aliphatic carbocycles. The lowest BCUT2D eigenvalue weighted by atomic mass is 10.1. The molecule has 2 aliphatic rings. The Labute approximate surface area is 181 Å². The molecule has 0 atom stereocenters. The molecular formula is C20H19N3O9. The van der Waals surface area contributed by atoms with E-state index in [9.17, 15) is 25.0 Å². The fraction of sp³-hybridized carbons (Fsp3) is 0.350.